The van der Waals surface area contributed by atoms with E-state index < -0.39 is 0 Å². The maximum absolute atomic E-state index is 12.8. The molecule has 1 heterocycles. The lowest BCUT2D eigenvalue weighted by molar-refractivity contribution is 0.0928. The number of carbonyl (C=O) groups excluding carboxylic acids is 2. The number of nitrogens with one attached hydrogen (secondary N) is 2. The molecule has 2 aromatic rings. The second-order valence-corrected chi connectivity index (χ2v) is 7.59. The Morgan fingerprint density at radius 2 is 1.80 bits per heavy atom. The standard InChI is InChI=1S/C22H28N4O3.ClH/c1-26(2)16-9-10-20(27)17(12-16)21(28)14-5-7-15(8-6-14)22(29)25-19-4-3-11-24-13-18(19)23;/h5-10,12,18-19,24,27H,3-4,11,13,23H2,1-2H3,(H,25,29);1H/t18-,19-;/m1./s1. The van der Waals surface area contributed by atoms with Gasteiger partial charge in [0.15, 0.2) is 5.78 Å². The first kappa shape index (κ1) is 23.7. The first-order valence-corrected chi connectivity index (χ1v) is 9.79. The van der Waals surface area contributed by atoms with Gasteiger partial charge in [0.25, 0.3) is 5.91 Å². The summed E-state index contributed by atoms with van der Waals surface area (Å²) in [6.07, 6.45) is 1.79. The van der Waals surface area contributed by atoms with E-state index in [1.54, 1.807) is 36.4 Å². The summed E-state index contributed by atoms with van der Waals surface area (Å²) in [5.41, 5.74) is 8.05. The van der Waals surface area contributed by atoms with Crippen LogP contribution in [0, 0.1) is 0 Å². The van der Waals surface area contributed by atoms with E-state index in [9.17, 15) is 14.7 Å². The Bertz CT molecular complexity index is 886. The van der Waals surface area contributed by atoms with Gasteiger partial charge in [-0.15, -0.1) is 12.4 Å². The molecule has 0 unspecified atom stereocenters. The SMILES string of the molecule is CN(C)c1ccc(O)c(C(=O)c2ccc(C(=O)N[C@@H]3CCCNC[C@H]3N)cc2)c1.Cl. The number of anilines is 1. The number of hydrogen-bond donors (Lipinski definition) is 4. The van der Waals surface area contributed by atoms with Crippen LogP contribution in [0.5, 0.6) is 5.75 Å². The molecule has 162 valence electrons. The van der Waals surface area contributed by atoms with Gasteiger partial charge >= 0.3 is 0 Å². The Balaban J connectivity index is 0.00000320. The molecule has 5 N–H and O–H groups in total. The van der Waals surface area contributed by atoms with Crippen LogP contribution in [-0.4, -0.2) is 56.1 Å². The predicted octanol–water partition coefficient (Wildman–Crippen LogP) is 1.92. The molecular formula is C22H29ClN4O3. The number of ketones is 1. The fraction of sp³-hybridized carbons (Fsp3) is 0.364. The molecule has 3 rings (SSSR count). The molecule has 1 amide bonds. The quantitative estimate of drug-likeness (QED) is 0.538. The van der Waals surface area contributed by atoms with Crippen LogP contribution in [0.4, 0.5) is 5.69 Å². The van der Waals surface area contributed by atoms with Crippen LogP contribution in [0.2, 0.25) is 0 Å². The summed E-state index contributed by atoms with van der Waals surface area (Å²) in [5, 5.41) is 16.4. The number of phenolic OH excluding ortho intramolecular Hbond substituents is 1. The minimum atomic E-state index is -0.296. The van der Waals surface area contributed by atoms with E-state index in [1.807, 2.05) is 19.0 Å². The smallest absolute Gasteiger partial charge is 0.251 e. The van der Waals surface area contributed by atoms with Gasteiger partial charge in [0.05, 0.1) is 5.56 Å². The third-order valence-corrected chi connectivity index (χ3v) is 5.23. The minimum Gasteiger partial charge on any atom is -0.507 e. The van der Waals surface area contributed by atoms with Gasteiger partial charge in [0, 0.05) is 49.5 Å². The normalized spacial score (nSPS) is 18.6. The molecule has 1 saturated heterocycles. The fourth-order valence-corrected chi connectivity index (χ4v) is 3.42. The maximum Gasteiger partial charge on any atom is 0.251 e. The average Bonchev–Trinajstić information content (AvgIpc) is 2.92. The van der Waals surface area contributed by atoms with Crippen LogP contribution >= 0.6 is 12.4 Å². The summed E-state index contributed by atoms with van der Waals surface area (Å²) < 4.78 is 0. The van der Waals surface area contributed by atoms with Crippen molar-refractivity contribution in [2.45, 2.75) is 24.9 Å². The second-order valence-electron chi connectivity index (χ2n) is 7.59. The van der Waals surface area contributed by atoms with E-state index in [-0.39, 0.29) is 47.5 Å². The first-order chi connectivity index (χ1) is 13.9. The van der Waals surface area contributed by atoms with Gasteiger partial charge in [-0.05, 0) is 49.7 Å². The zero-order valence-corrected chi connectivity index (χ0v) is 18.0. The molecule has 1 aliphatic rings. The molecular weight excluding hydrogens is 404 g/mol. The molecule has 0 bridgehead atoms. The van der Waals surface area contributed by atoms with Crippen LogP contribution in [0.1, 0.15) is 39.1 Å². The predicted molar refractivity (Wildman–Crippen MR) is 121 cm³/mol. The summed E-state index contributed by atoms with van der Waals surface area (Å²) in [5.74, 6) is -0.572. The van der Waals surface area contributed by atoms with Crippen molar-refractivity contribution in [1.29, 1.82) is 0 Å². The van der Waals surface area contributed by atoms with Crippen LogP contribution in [0.15, 0.2) is 42.5 Å². The number of phenols is 1. The van der Waals surface area contributed by atoms with Gasteiger partial charge < -0.3 is 26.4 Å². The summed E-state index contributed by atoms with van der Waals surface area (Å²) in [4.78, 5) is 27.3. The largest absolute Gasteiger partial charge is 0.507 e. The number of aromatic hydroxyl groups is 1. The number of hydrogen-bond acceptors (Lipinski definition) is 6. The summed E-state index contributed by atoms with van der Waals surface area (Å²) in [7, 11) is 3.73. The van der Waals surface area contributed by atoms with Gasteiger partial charge in [0.2, 0.25) is 0 Å². The molecule has 0 spiro atoms. The van der Waals surface area contributed by atoms with Gasteiger partial charge in [-0.3, -0.25) is 9.59 Å². The first-order valence-electron chi connectivity index (χ1n) is 9.79. The van der Waals surface area contributed by atoms with E-state index in [1.165, 1.54) is 6.07 Å². The number of nitrogens with two attached hydrogens (primary N) is 1. The van der Waals surface area contributed by atoms with Crippen LogP contribution in [-0.2, 0) is 0 Å². The average molecular weight is 433 g/mol. The third kappa shape index (κ3) is 5.50. The highest BCUT2D eigenvalue weighted by Gasteiger charge is 2.22. The molecule has 30 heavy (non-hydrogen) atoms. The molecule has 2 aromatic carbocycles. The molecule has 0 aliphatic carbocycles. The van der Waals surface area contributed by atoms with Crippen LogP contribution in [0.3, 0.4) is 0 Å². The maximum atomic E-state index is 12.8. The van der Waals surface area contributed by atoms with E-state index >= 15 is 0 Å². The number of halogens is 1. The lowest BCUT2D eigenvalue weighted by Gasteiger charge is -2.22. The van der Waals surface area contributed by atoms with Gasteiger partial charge in [-0.25, -0.2) is 0 Å². The second kappa shape index (κ2) is 10.4. The van der Waals surface area contributed by atoms with Gasteiger partial charge in [-0.1, -0.05) is 12.1 Å². The van der Waals surface area contributed by atoms with Crippen molar-refractivity contribution < 1.29 is 14.7 Å². The Morgan fingerprint density at radius 1 is 1.13 bits per heavy atom. The van der Waals surface area contributed by atoms with Gasteiger partial charge in [-0.2, -0.15) is 0 Å². The summed E-state index contributed by atoms with van der Waals surface area (Å²) in [6, 6.07) is 11.1. The Hall–Kier alpha value is -2.61. The topological polar surface area (TPSA) is 108 Å². The summed E-state index contributed by atoms with van der Waals surface area (Å²) >= 11 is 0. The van der Waals surface area contributed by atoms with E-state index in [0.717, 1.165) is 25.1 Å². The highest BCUT2D eigenvalue weighted by Crippen LogP contribution is 2.25. The number of carbonyl (C=O) groups is 2. The lowest BCUT2D eigenvalue weighted by atomic mass is 10.00. The zero-order valence-electron chi connectivity index (χ0n) is 17.2. The molecule has 8 heteroatoms. The molecule has 2 atom stereocenters. The number of benzene rings is 2. The lowest BCUT2D eigenvalue weighted by Crippen LogP contribution is -2.50. The Labute approximate surface area is 183 Å². The summed E-state index contributed by atoms with van der Waals surface area (Å²) in [6.45, 7) is 1.58. The molecule has 1 aliphatic heterocycles. The van der Waals surface area contributed by atoms with Crippen molar-refractivity contribution in [2.75, 3.05) is 32.1 Å². The molecule has 7 nitrogen and oxygen atoms in total. The highest BCUT2D eigenvalue weighted by atomic mass is 35.5. The monoisotopic (exact) mass is 432 g/mol. The van der Waals surface area contributed by atoms with Crippen molar-refractivity contribution in [3.05, 3.63) is 59.2 Å². The minimum absolute atomic E-state index is 0. The number of amides is 1. The van der Waals surface area contributed by atoms with Crippen LogP contribution in [0.25, 0.3) is 0 Å². The van der Waals surface area contributed by atoms with Crippen molar-refractivity contribution in [3.8, 4) is 5.75 Å². The molecule has 1 fully saturated rings. The van der Waals surface area contributed by atoms with Crippen molar-refractivity contribution in [2.24, 2.45) is 5.73 Å². The zero-order chi connectivity index (χ0) is 21.0. The van der Waals surface area contributed by atoms with Crippen LogP contribution < -0.4 is 21.3 Å². The van der Waals surface area contributed by atoms with Gasteiger partial charge in [0.1, 0.15) is 5.75 Å². The van der Waals surface area contributed by atoms with Crippen molar-refractivity contribution in [1.82, 2.24) is 10.6 Å². The van der Waals surface area contributed by atoms with Crippen molar-refractivity contribution >= 4 is 29.8 Å². The molecule has 0 radical (unpaired) electrons. The van der Waals surface area contributed by atoms with E-state index in [4.69, 9.17) is 5.73 Å². The highest BCUT2D eigenvalue weighted by molar-refractivity contribution is 6.11. The number of rotatable bonds is 5. The fourth-order valence-electron chi connectivity index (χ4n) is 3.42. The Morgan fingerprint density at radius 3 is 2.47 bits per heavy atom. The van der Waals surface area contributed by atoms with Crippen molar-refractivity contribution in [3.63, 3.8) is 0 Å². The molecule has 0 aromatic heterocycles. The van der Waals surface area contributed by atoms with E-state index in [2.05, 4.69) is 10.6 Å². The molecule has 0 saturated carbocycles. The third-order valence-electron chi connectivity index (χ3n) is 5.23. The number of nitrogens with zero attached hydrogens (tertiary/aromatic N) is 1. The Kier molecular flexibility index (Phi) is 8.23. The van der Waals surface area contributed by atoms with E-state index in [0.29, 0.717) is 17.7 Å².